The molecule has 0 aliphatic carbocycles. The fraction of sp³-hybridized carbons (Fsp3) is 0.167. The van der Waals surface area contributed by atoms with Crippen molar-refractivity contribution in [2.75, 3.05) is 5.73 Å². The van der Waals surface area contributed by atoms with E-state index in [1.165, 1.54) is 0 Å². The topological polar surface area (TPSA) is 38.9 Å². The van der Waals surface area contributed by atoms with Crippen LogP contribution in [0.5, 0.6) is 0 Å². The van der Waals surface area contributed by atoms with E-state index >= 15 is 0 Å². The molecular weight excluding hydrogens is 237 g/mol. The first kappa shape index (κ1) is 9.31. The van der Waals surface area contributed by atoms with Crippen LogP contribution in [0.25, 0.3) is 0 Å². The number of halogens is 4. The van der Waals surface area contributed by atoms with Crippen molar-refractivity contribution < 1.29 is 13.2 Å². The van der Waals surface area contributed by atoms with Gasteiger partial charge in [0.15, 0.2) is 0 Å². The van der Waals surface area contributed by atoms with Crippen LogP contribution in [-0.2, 0) is 0 Å². The molecule has 0 aliphatic heterocycles. The molecule has 0 saturated carbocycles. The summed E-state index contributed by atoms with van der Waals surface area (Å²) in [6, 6.07) is 0.989. The lowest BCUT2D eigenvalue weighted by Crippen LogP contribution is -2.00. The van der Waals surface area contributed by atoms with Crippen molar-refractivity contribution in [2.45, 2.75) is 6.43 Å². The zero-order valence-corrected chi connectivity index (χ0v) is 7.28. The monoisotopic (exact) mass is 240 g/mol. The van der Waals surface area contributed by atoms with E-state index in [0.29, 0.717) is 0 Å². The van der Waals surface area contributed by atoms with E-state index in [1.54, 1.807) is 0 Å². The predicted molar refractivity (Wildman–Crippen MR) is 41.3 cm³/mol. The molecule has 0 spiro atoms. The predicted octanol–water partition coefficient (Wildman–Crippen LogP) is 2.50. The minimum atomic E-state index is -2.80. The Hall–Kier alpha value is -0.780. The molecule has 0 radical (unpaired) electrons. The maximum Gasteiger partial charge on any atom is 0.280 e. The highest BCUT2D eigenvalue weighted by atomic mass is 79.9. The van der Waals surface area contributed by atoms with Crippen LogP contribution in [-0.4, -0.2) is 4.98 Å². The molecule has 0 aromatic carbocycles. The maximum absolute atomic E-state index is 12.6. The van der Waals surface area contributed by atoms with Gasteiger partial charge >= 0.3 is 0 Å². The molecule has 2 N–H and O–H groups in total. The molecular formula is C6H4BrF3N2. The van der Waals surface area contributed by atoms with E-state index in [0.717, 1.165) is 6.07 Å². The average Bonchev–Trinajstić information content (AvgIpc) is 1.99. The Kier molecular flexibility index (Phi) is 2.56. The second-order valence-electron chi connectivity index (χ2n) is 2.03. The maximum atomic E-state index is 12.6. The first-order valence-electron chi connectivity index (χ1n) is 2.92. The van der Waals surface area contributed by atoms with E-state index in [-0.39, 0.29) is 10.2 Å². The molecule has 0 saturated heterocycles. The van der Waals surface area contributed by atoms with Crippen LogP contribution < -0.4 is 5.73 Å². The number of aromatic nitrogens is 1. The summed E-state index contributed by atoms with van der Waals surface area (Å²) in [5.41, 5.74) is 4.23. The first-order chi connectivity index (χ1) is 5.52. The summed E-state index contributed by atoms with van der Waals surface area (Å²) in [6.45, 7) is 0. The van der Waals surface area contributed by atoms with Gasteiger partial charge in [-0.3, -0.25) is 0 Å². The lowest BCUT2D eigenvalue weighted by atomic mass is 10.3. The molecule has 66 valence electrons. The van der Waals surface area contributed by atoms with Gasteiger partial charge in [-0.25, -0.2) is 13.8 Å². The third-order valence-corrected chi connectivity index (χ3v) is 1.86. The molecule has 12 heavy (non-hydrogen) atoms. The third-order valence-electron chi connectivity index (χ3n) is 1.20. The minimum Gasteiger partial charge on any atom is -0.394 e. The number of pyridine rings is 1. The Morgan fingerprint density at radius 3 is 2.50 bits per heavy atom. The summed E-state index contributed by atoms with van der Waals surface area (Å²) in [6.07, 6.45) is -2.80. The summed E-state index contributed by atoms with van der Waals surface area (Å²) in [5, 5.41) is 0. The normalized spacial score (nSPS) is 10.8. The van der Waals surface area contributed by atoms with E-state index in [4.69, 9.17) is 5.73 Å². The van der Waals surface area contributed by atoms with Gasteiger partial charge in [0.1, 0.15) is 11.4 Å². The fourth-order valence-corrected chi connectivity index (χ4v) is 1.02. The van der Waals surface area contributed by atoms with Gasteiger partial charge in [-0.15, -0.1) is 0 Å². The average molecular weight is 241 g/mol. The smallest absolute Gasteiger partial charge is 0.280 e. The van der Waals surface area contributed by atoms with E-state index in [9.17, 15) is 13.2 Å². The molecule has 0 fully saturated rings. The Morgan fingerprint density at radius 2 is 2.08 bits per heavy atom. The van der Waals surface area contributed by atoms with E-state index < -0.39 is 18.1 Å². The van der Waals surface area contributed by atoms with Crippen LogP contribution in [0.1, 0.15) is 12.1 Å². The molecule has 1 rings (SSSR count). The highest BCUT2D eigenvalue weighted by Gasteiger charge is 2.14. The molecule has 0 amide bonds. The highest BCUT2D eigenvalue weighted by molar-refractivity contribution is 9.10. The number of nitrogens with zero attached hydrogens (tertiary/aromatic N) is 1. The SMILES string of the molecule is Nc1c(Br)cc(C(F)F)nc1F. The molecule has 1 heterocycles. The fourth-order valence-electron chi connectivity index (χ4n) is 0.624. The zero-order valence-electron chi connectivity index (χ0n) is 5.69. The summed E-state index contributed by atoms with van der Waals surface area (Å²) in [4.78, 5) is 2.96. The number of hydrogen-bond acceptors (Lipinski definition) is 2. The molecule has 0 aliphatic rings. The quantitative estimate of drug-likeness (QED) is 0.767. The lowest BCUT2D eigenvalue weighted by molar-refractivity contribution is 0.145. The molecule has 6 heteroatoms. The minimum absolute atomic E-state index is 0.0882. The van der Waals surface area contributed by atoms with Gasteiger partial charge in [0.25, 0.3) is 6.43 Å². The molecule has 2 nitrogen and oxygen atoms in total. The summed E-state index contributed by atoms with van der Waals surface area (Å²) < 4.78 is 36.6. The standard InChI is InChI=1S/C6H4BrF3N2/c7-2-1-3(5(8)9)12-6(10)4(2)11/h1,5H,11H2. The Bertz CT molecular complexity index is 280. The van der Waals surface area contributed by atoms with E-state index in [2.05, 4.69) is 20.9 Å². The first-order valence-corrected chi connectivity index (χ1v) is 3.71. The summed E-state index contributed by atoms with van der Waals surface area (Å²) >= 11 is 2.83. The number of nitrogens with two attached hydrogens (primary N) is 1. The van der Waals surface area contributed by atoms with Crippen molar-refractivity contribution in [1.82, 2.24) is 4.98 Å². The number of rotatable bonds is 1. The van der Waals surface area contributed by atoms with Crippen molar-refractivity contribution in [2.24, 2.45) is 0 Å². The summed E-state index contributed by atoms with van der Waals surface area (Å²) in [5.74, 6) is -1.08. The van der Waals surface area contributed by atoms with Crippen LogP contribution >= 0.6 is 15.9 Å². The van der Waals surface area contributed by atoms with Gasteiger partial charge in [0, 0.05) is 4.47 Å². The van der Waals surface area contributed by atoms with Gasteiger partial charge in [0.05, 0.1) is 0 Å². The van der Waals surface area contributed by atoms with Crippen molar-refractivity contribution in [3.05, 3.63) is 22.2 Å². The van der Waals surface area contributed by atoms with Crippen LogP contribution in [0.15, 0.2) is 10.5 Å². The van der Waals surface area contributed by atoms with Crippen LogP contribution in [0.4, 0.5) is 18.9 Å². The Labute approximate surface area is 74.7 Å². The van der Waals surface area contributed by atoms with E-state index in [1.807, 2.05) is 0 Å². The molecule has 0 unspecified atom stereocenters. The third kappa shape index (κ3) is 1.69. The second kappa shape index (κ2) is 3.30. The van der Waals surface area contributed by atoms with Crippen molar-refractivity contribution >= 4 is 21.6 Å². The highest BCUT2D eigenvalue weighted by Crippen LogP contribution is 2.26. The number of anilines is 1. The van der Waals surface area contributed by atoms with Gasteiger partial charge in [-0.1, -0.05) is 0 Å². The van der Waals surface area contributed by atoms with Crippen LogP contribution in [0.2, 0.25) is 0 Å². The number of hydrogen-bond donors (Lipinski definition) is 1. The van der Waals surface area contributed by atoms with Gasteiger partial charge in [0.2, 0.25) is 5.95 Å². The van der Waals surface area contributed by atoms with Crippen LogP contribution in [0.3, 0.4) is 0 Å². The molecule has 1 aromatic heterocycles. The van der Waals surface area contributed by atoms with Crippen molar-refractivity contribution in [1.29, 1.82) is 0 Å². The van der Waals surface area contributed by atoms with Gasteiger partial charge in [-0.05, 0) is 22.0 Å². The van der Waals surface area contributed by atoms with Gasteiger partial charge in [-0.2, -0.15) is 4.39 Å². The number of alkyl halides is 2. The van der Waals surface area contributed by atoms with Crippen LogP contribution in [0, 0.1) is 5.95 Å². The Balaban J connectivity index is 3.21. The number of nitrogen functional groups attached to an aromatic ring is 1. The second-order valence-corrected chi connectivity index (χ2v) is 2.89. The zero-order chi connectivity index (χ0) is 9.30. The summed E-state index contributed by atoms with van der Waals surface area (Å²) in [7, 11) is 0. The van der Waals surface area contributed by atoms with Crippen molar-refractivity contribution in [3.63, 3.8) is 0 Å². The Morgan fingerprint density at radius 1 is 1.50 bits per heavy atom. The molecule has 1 aromatic rings. The van der Waals surface area contributed by atoms with Crippen molar-refractivity contribution in [3.8, 4) is 0 Å². The molecule has 0 atom stereocenters. The molecule has 0 bridgehead atoms. The lowest BCUT2D eigenvalue weighted by Gasteiger charge is -2.02. The van der Waals surface area contributed by atoms with Gasteiger partial charge < -0.3 is 5.73 Å². The largest absolute Gasteiger partial charge is 0.394 e.